The van der Waals surface area contributed by atoms with Gasteiger partial charge in [0.1, 0.15) is 17.0 Å². The number of hydrogen-bond acceptors (Lipinski definition) is 4. The van der Waals surface area contributed by atoms with E-state index >= 15 is 4.39 Å². The Morgan fingerprint density at radius 2 is 1.88 bits per heavy atom. The van der Waals surface area contributed by atoms with E-state index in [4.69, 9.17) is 23.2 Å². The molecule has 0 radical (unpaired) electrons. The van der Waals surface area contributed by atoms with Gasteiger partial charge in [0, 0.05) is 24.2 Å². The molecule has 5 rings (SSSR count). The van der Waals surface area contributed by atoms with Crippen LogP contribution in [0.3, 0.4) is 0 Å². The maximum absolute atomic E-state index is 15.8. The lowest BCUT2D eigenvalue weighted by molar-refractivity contribution is -0.123. The summed E-state index contributed by atoms with van der Waals surface area (Å²) in [4.78, 5) is 30.3. The molecule has 10 heteroatoms. The number of rotatable bonds is 7. The van der Waals surface area contributed by atoms with Crippen LogP contribution in [0.15, 0.2) is 30.3 Å². The first-order chi connectivity index (χ1) is 18.9. The minimum absolute atomic E-state index is 0.113. The Morgan fingerprint density at radius 1 is 1.15 bits per heavy atom. The van der Waals surface area contributed by atoms with Gasteiger partial charge < -0.3 is 20.9 Å². The Balaban J connectivity index is 1.59. The molecule has 2 saturated heterocycles. The molecule has 3 aliphatic heterocycles. The predicted molar refractivity (Wildman–Crippen MR) is 154 cm³/mol. The molecule has 3 N–H and O–H groups in total. The van der Waals surface area contributed by atoms with E-state index in [1.54, 1.807) is 12.1 Å². The van der Waals surface area contributed by atoms with Gasteiger partial charge in [0.05, 0.1) is 16.1 Å². The first-order valence-corrected chi connectivity index (χ1v) is 14.7. The average molecular weight is 594 g/mol. The summed E-state index contributed by atoms with van der Waals surface area (Å²) >= 11 is 12.3. The molecule has 0 aromatic heterocycles. The second-order valence-electron chi connectivity index (χ2n) is 12.4. The summed E-state index contributed by atoms with van der Waals surface area (Å²) in [6.07, 6.45) is 3.62. The Labute approximate surface area is 244 Å². The number of carbonyl (C=O) groups is 2. The second-order valence-corrected chi connectivity index (χ2v) is 13.2. The highest BCUT2D eigenvalue weighted by atomic mass is 35.5. The highest BCUT2D eigenvalue weighted by molar-refractivity contribution is 6.31. The van der Waals surface area contributed by atoms with Crippen LogP contribution in [0.5, 0.6) is 0 Å². The molecule has 1 spiro atoms. The van der Waals surface area contributed by atoms with E-state index in [1.165, 1.54) is 31.0 Å². The number of likely N-dealkylation sites (tertiary alicyclic amines) is 1. The second kappa shape index (κ2) is 11.2. The Morgan fingerprint density at radius 3 is 2.58 bits per heavy atom. The van der Waals surface area contributed by atoms with Crippen LogP contribution < -0.4 is 16.0 Å². The summed E-state index contributed by atoms with van der Waals surface area (Å²) in [5.41, 5.74) is -0.924. The van der Waals surface area contributed by atoms with Crippen molar-refractivity contribution in [2.45, 2.75) is 69.9 Å². The molecule has 4 atom stereocenters. The highest BCUT2D eigenvalue weighted by Gasteiger charge is 2.66. The lowest BCUT2D eigenvalue weighted by atomic mass is 9.62. The van der Waals surface area contributed by atoms with Gasteiger partial charge in [-0.3, -0.25) is 9.59 Å². The third-order valence-corrected chi connectivity index (χ3v) is 9.03. The van der Waals surface area contributed by atoms with E-state index in [2.05, 4.69) is 20.9 Å². The number of hydrogen-bond donors (Lipinski definition) is 3. The van der Waals surface area contributed by atoms with Gasteiger partial charge in [-0.15, -0.1) is 0 Å². The van der Waals surface area contributed by atoms with Gasteiger partial charge in [0.25, 0.3) is 0 Å². The molecule has 6 nitrogen and oxygen atoms in total. The lowest BCUT2D eigenvalue weighted by Gasteiger charge is -2.37. The molecule has 2 fully saturated rings. The molecule has 216 valence electrons. The van der Waals surface area contributed by atoms with E-state index in [0.29, 0.717) is 24.2 Å². The number of benzene rings is 2. The van der Waals surface area contributed by atoms with Crippen LogP contribution in [0, 0.1) is 17.0 Å². The minimum Gasteiger partial charge on any atom is -0.355 e. The van der Waals surface area contributed by atoms with Crippen molar-refractivity contribution in [3.05, 3.63) is 63.1 Å². The number of halogens is 4. The van der Waals surface area contributed by atoms with Gasteiger partial charge in [0.15, 0.2) is 0 Å². The van der Waals surface area contributed by atoms with Gasteiger partial charge in [0.2, 0.25) is 11.8 Å². The van der Waals surface area contributed by atoms with Crippen molar-refractivity contribution in [3.63, 3.8) is 0 Å². The standard InChI is InChI=1S/C30H36Cl2F2N4O2/c1-29(2,3)16-23-30(18-14-21(33)20(32)15-22(18)36-28(30)40)24(17-8-6-9-19(31)25(17)34)26(37-23)27(39)35-10-7-13-38-11-4-5-12-38/h6,8-9,14-15,23-24,26,37H,4-5,7,10-13,16H2,1-3H3,(H,35,39)(H,36,40)/t23-,24?,26-,30+/m1/s1. The van der Waals surface area contributed by atoms with Crippen molar-refractivity contribution in [2.24, 2.45) is 5.41 Å². The highest BCUT2D eigenvalue weighted by Crippen LogP contribution is 2.57. The van der Waals surface area contributed by atoms with Gasteiger partial charge >= 0.3 is 0 Å². The third kappa shape index (κ3) is 5.24. The average Bonchev–Trinajstić information content (AvgIpc) is 3.57. The van der Waals surface area contributed by atoms with Crippen molar-refractivity contribution in [3.8, 4) is 0 Å². The number of amides is 2. The Kier molecular flexibility index (Phi) is 8.18. The molecular formula is C30H36Cl2F2N4O2. The molecule has 0 saturated carbocycles. The quantitative estimate of drug-likeness (QED) is 0.365. The van der Waals surface area contributed by atoms with Crippen LogP contribution in [0.1, 0.15) is 63.5 Å². The Bertz CT molecular complexity index is 1310. The van der Waals surface area contributed by atoms with E-state index in [0.717, 1.165) is 26.1 Å². The fraction of sp³-hybridized carbons (Fsp3) is 0.533. The maximum atomic E-state index is 15.8. The molecule has 3 aliphatic rings. The smallest absolute Gasteiger partial charge is 0.237 e. The van der Waals surface area contributed by atoms with Crippen molar-refractivity contribution >= 4 is 40.7 Å². The van der Waals surface area contributed by atoms with E-state index in [-0.39, 0.29) is 26.9 Å². The lowest BCUT2D eigenvalue weighted by Crippen LogP contribution is -2.49. The largest absolute Gasteiger partial charge is 0.355 e. The van der Waals surface area contributed by atoms with Crippen LogP contribution in [0.25, 0.3) is 0 Å². The minimum atomic E-state index is -1.49. The van der Waals surface area contributed by atoms with E-state index in [9.17, 15) is 14.0 Å². The molecule has 40 heavy (non-hydrogen) atoms. The Hall–Kier alpha value is -2.26. The van der Waals surface area contributed by atoms with Gasteiger partial charge in [-0.1, -0.05) is 56.1 Å². The fourth-order valence-electron chi connectivity index (χ4n) is 6.79. The van der Waals surface area contributed by atoms with Crippen LogP contribution in [-0.4, -0.2) is 55.0 Å². The fourth-order valence-corrected chi connectivity index (χ4v) is 7.14. The molecule has 3 heterocycles. The maximum Gasteiger partial charge on any atom is 0.237 e. The van der Waals surface area contributed by atoms with Gasteiger partial charge in [-0.2, -0.15) is 0 Å². The summed E-state index contributed by atoms with van der Waals surface area (Å²) in [7, 11) is 0. The van der Waals surface area contributed by atoms with Crippen molar-refractivity contribution in [1.29, 1.82) is 0 Å². The van der Waals surface area contributed by atoms with Crippen molar-refractivity contribution in [1.82, 2.24) is 15.5 Å². The summed E-state index contributed by atoms with van der Waals surface area (Å²) in [5, 5.41) is 9.06. The first kappa shape index (κ1) is 29.2. The predicted octanol–water partition coefficient (Wildman–Crippen LogP) is 5.62. The zero-order valence-corrected chi connectivity index (χ0v) is 24.6. The normalized spacial score (nSPS) is 26.4. The van der Waals surface area contributed by atoms with Crippen LogP contribution >= 0.6 is 23.2 Å². The molecule has 2 aromatic carbocycles. The van der Waals surface area contributed by atoms with Crippen LogP contribution in [0.2, 0.25) is 10.0 Å². The molecule has 0 bridgehead atoms. The summed E-state index contributed by atoms with van der Waals surface area (Å²) in [6, 6.07) is 5.63. The van der Waals surface area contributed by atoms with Crippen LogP contribution in [-0.2, 0) is 15.0 Å². The van der Waals surface area contributed by atoms with Gasteiger partial charge in [-0.25, -0.2) is 8.78 Å². The van der Waals surface area contributed by atoms with E-state index in [1.807, 2.05) is 20.8 Å². The summed E-state index contributed by atoms with van der Waals surface area (Å²) in [6.45, 7) is 9.55. The first-order valence-electron chi connectivity index (χ1n) is 13.9. The van der Waals surface area contributed by atoms with Crippen molar-refractivity contribution in [2.75, 3.05) is 31.5 Å². The number of fused-ring (bicyclic) bond motifs is 2. The SMILES string of the molecule is CC(C)(C)C[C@H]1N[C@@H](C(=O)NCCCN2CCCC2)C(c2cccc(Cl)c2F)[C@@]12C(=O)Nc1cc(Cl)c(F)cc12. The molecule has 0 aliphatic carbocycles. The topological polar surface area (TPSA) is 73.5 Å². The van der Waals surface area contributed by atoms with E-state index < -0.39 is 41.0 Å². The number of carbonyl (C=O) groups excluding carboxylic acids is 2. The van der Waals surface area contributed by atoms with Crippen LogP contribution in [0.4, 0.5) is 14.5 Å². The molecule has 1 unspecified atom stereocenters. The number of nitrogens with zero attached hydrogens (tertiary/aromatic N) is 1. The zero-order chi connectivity index (χ0) is 28.8. The number of anilines is 1. The molecular weight excluding hydrogens is 557 g/mol. The molecule has 2 amide bonds. The monoisotopic (exact) mass is 592 g/mol. The zero-order valence-electron chi connectivity index (χ0n) is 23.1. The number of nitrogens with one attached hydrogen (secondary N) is 3. The van der Waals surface area contributed by atoms with Gasteiger partial charge in [-0.05, 0) is 80.1 Å². The molecule has 2 aromatic rings. The van der Waals surface area contributed by atoms with Crippen molar-refractivity contribution < 1.29 is 18.4 Å². The third-order valence-electron chi connectivity index (χ3n) is 8.45. The summed E-state index contributed by atoms with van der Waals surface area (Å²) in [5.74, 6) is -3.16. The summed E-state index contributed by atoms with van der Waals surface area (Å²) < 4.78 is 30.8.